The van der Waals surface area contributed by atoms with E-state index in [1.54, 1.807) is 17.4 Å². The quantitative estimate of drug-likeness (QED) is 0.900. The van der Waals surface area contributed by atoms with E-state index in [-0.39, 0.29) is 5.82 Å². The van der Waals surface area contributed by atoms with Gasteiger partial charge in [0, 0.05) is 15.4 Å². The average Bonchev–Trinajstić information content (AvgIpc) is 2.75. The molecule has 1 heterocycles. The Hall–Kier alpha value is -0.710. The predicted molar refractivity (Wildman–Crippen MR) is 73.7 cm³/mol. The van der Waals surface area contributed by atoms with Crippen molar-refractivity contribution in [1.82, 2.24) is 0 Å². The zero-order valence-corrected chi connectivity index (χ0v) is 11.8. The van der Waals surface area contributed by atoms with Crippen molar-refractivity contribution in [2.24, 2.45) is 5.73 Å². The molecule has 1 aromatic heterocycles. The van der Waals surface area contributed by atoms with Crippen molar-refractivity contribution >= 4 is 27.3 Å². The van der Waals surface area contributed by atoms with E-state index in [4.69, 9.17) is 5.73 Å². The third kappa shape index (κ3) is 2.30. The lowest BCUT2D eigenvalue weighted by atomic mass is 9.83. The molecule has 2 aromatic rings. The summed E-state index contributed by atoms with van der Waals surface area (Å²) >= 11 is 5.08. The van der Waals surface area contributed by atoms with Crippen LogP contribution in [0.4, 0.5) is 4.39 Å². The fourth-order valence-corrected chi connectivity index (χ4v) is 3.65. The van der Waals surface area contributed by atoms with Crippen molar-refractivity contribution in [3.63, 3.8) is 0 Å². The summed E-state index contributed by atoms with van der Waals surface area (Å²) in [7, 11) is 0. The predicted octanol–water partition coefficient (Wildman–Crippen LogP) is 4.26. The van der Waals surface area contributed by atoms with Gasteiger partial charge in [0.1, 0.15) is 5.82 Å². The number of halogens is 2. The molecular formula is C13H13BrFNS. The molecule has 4 heteroatoms. The number of hydrogen-bond acceptors (Lipinski definition) is 2. The van der Waals surface area contributed by atoms with E-state index >= 15 is 0 Å². The van der Waals surface area contributed by atoms with Crippen LogP contribution in [0.2, 0.25) is 0 Å². The summed E-state index contributed by atoms with van der Waals surface area (Å²) < 4.78 is 14.3. The molecule has 0 aliphatic carbocycles. The summed E-state index contributed by atoms with van der Waals surface area (Å²) in [6.07, 6.45) is 0.714. The maximum absolute atomic E-state index is 13.3. The molecule has 0 radical (unpaired) electrons. The third-order valence-corrected chi connectivity index (χ3v) is 4.70. The maximum Gasteiger partial charge on any atom is 0.123 e. The molecule has 2 N–H and O–H groups in total. The Morgan fingerprint density at radius 1 is 1.41 bits per heavy atom. The van der Waals surface area contributed by atoms with Crippen molar-refractivity contribution in [3.8, 4) is 0 Å². The molecule has 0 amide bonds. The maximum atomic E-state index is 13.3. The Morgan fingerprint density at radius 3 is 2.71 bits per heavy atom. The standard InChI is InChI=1S/C13H13BrFNS/c1-2-13(16,11-7-17-8-12(11)14)9-4-3-5-10(15)6-9/h3-8H,2,16H2,1H3. The molecule has 17 heavy (non-hydrogen) atoms. The first-order valence-electron chi connectivity index (χ1n) is 5.35. The smallest absolute Gasteiger partial charge is 0.123 e. The van der Waals surface area contributed by atoms with E-state index in [0.29, 0.717) is 6.42 Å². The lowest BCUT2D eigenvalue weighted by Gasteiger charge is -2.29. The largest absolute Gasteiger partial charge is 0.318 e. The van der Waals surface area contributed by atoms with Gasteiger partial charge in [0.2, 0.25) is 0 Å². The van der Waals surface area contributed by atoms with Crippen molar-refractivity contribution in [3.05, 3.63) is 56.4 Å². The lowest BCUT2D eigenvalue weighted by Crippen LogP contribution is -2.37. The zero-order chi connectivity index (χ0) is 12.5. The van der Waals surface area contributed by atoms with Gasteiger partial charge in [0.15, 0.2) is 0 Å². The molecule has 1 atom stereocenters. The number of rotatable bonds is 3. The molecule has 0 saturated heterocycles. The summed E-state index contributed by atoms with van der Waals surface area (Å²) in [6.45, 7) is 2.01. The van der Waals surface area contributed by atoms with Gasteiger partial charge < -0.3 is 5.73 Å². The van der Waals surface area contributed by atoms with Crippen LogP contribution < -0.4 is 5.73 Å². The van der Waals surface area contributed by atoms with E-state index in [9.17, 15) is 4.39 Å². The highest BCUT2D eigenvalue weighted by Crippen LogP contribution is 2.37. The van der Waals surface area contributed by atoms with Crippen LogP contribution in [0, 0.1) is 5.82 Å². The van der Waals surface area contributed by atoms with E-state index in [1.165, 1.54) is 12.1 Å². The molecule has 0 aliphatic rings. The topological polar surface area (TPSA) is 26.0 Å². The molecular weight excluding hydrogens is 301 g/mol. The summed E-state index contributed by atoms with van der Waals surface area (Å²) in [5, 5.41) is 4.00. The van der Waals surface area contributed by atoms with Gasteiger partial charge in [-0.3, -0.25) is 0 Å². The molecule has 0 bridgehead atoms. The van der Waals surface area contributed by atoms with Crippen LogP contribution in [0.3, 0.4) is 0 Å². The molecule has 0 fully saturated rings. The molecule has 90 valence electrons. The first-order chi connectivity index (χ1) is 8.08. The summed E-state index contributed by atoms with van der Waals surface area (Å²) in [6, 6.07) is 6.51. The zero-order valence-electron chi connectivity index (χ0n) is 9.41. The van der Waals surface area contributed by atoms with Gasteiger partial charge in [-0.15, -0.1) is 0 Å². The van der Waals surface area contributed by atoms with Crippen LogP contribution in [0.25, 0.3) is 0 Å². The highest BCUT2D eigenvalue weighted by atomic mass is 79.9. The molecule has 1 unspecified atom stereocenters. The van der Waals surface area contributed by atoms with Crippen LogP contribution in [-0.2, 0) is 5.54 Å². The number of benzene rings is 1. The van der Waals surface area contributed by atoms with Crippen LogP contribution in [0.5, 0.6) is 0 Å². The van der Waals surface area contributed by atoms with E-state index in [1.807, 2.05) is 23.8 Å². The molecule has 1 aromatic carbocycles. The summed E-state index contributed by atoms with van der Waals surface area (Å²) in [5.74, 6) is -0.253. The highest BCUT2D eigenvalue weighted by Gasteiger charge is 2.30. The Balaban J connectivity index is 2.55. The van der Waals surface area contributed by atoms with Gasteiger partial charge >= 0.3 is 0 Å². The SMILES string of the molecule is CCC(N)(c1cccc(F)c1)c1cscc1Br. The molecule has 0 saturated carbocycles. The monoisotopic (exact) mass is 313 g/mol. The van der Waals surface area contributed by atoms with Crippen LogP contribution in [-0.4, -0.2) is 0 Å². The van der Waals surface area contributed by atoms with Crippen LogP contribution in [0.15, 0.2) is 39.5 Å². The van der Waals surface area contributed by atoms with Gasteiger partial charge in [-0.1, -0.05) is 19.1 Å². The van der Waals surface area contributed by atoms with Crippen LogP contribution in [0.1, 0.15) is 24.5 Å². The normalized spacial score (nSPS) is 14.6. The van der Waals surface area contributed by atoms with Gasteiger partial charge in [0.05, 0.1) is 5.54 Å². The molecule has 0 spiro atoms. The molecule has 0 aliphatic heterocycles. The second-order valence-corrected chi connectivity index (χ2v) is 5.57. The minimum absolute atomic E-state index is 0.253. The average molecular weight is 314 g/mol. The van der Waals surface area contributed by atoms with Gasteiger partial charge in [0.25, 0.3) is 0 Å². The highest BCUT2D eigenvalue weighted by molar-refractivity contribution is 9.10. The first-order valence-corrected chi connectivity index (χ1v) is 7.08. The van der Waals surface area contributed by atoms with Gasteiger partial charge in [-0.2, -0.15) is 11.3 Å². The lowest BCUT2D eigenvalue weighted by molar-refractivity contribution is 0.512. The minimum atomic E-state index is -0.638. The Labute approximate surface area is 113 Å². The van der Waals surface area contributed by atoms with Gasteiger partial charge in [-0.25, -0.2) is 4.39 Å². The Kier molecular flexibility index (Phi) is 3.66. The fourth-order valence-electron chi connectivity index (χ4n) is 1.92. The molecule has 1 nitrogen and oxygen atoms in total. The Bertz CT molecular complexity index is 526. The second-order valence-electron chi connectivity index (χ2n) is 3.97. The van der Waals surface area contributed by atoms with Gasteiger partial charge in [-0.05, 0) is 45.4 Å². The third-order valence-electron chi connectivity index (χ3n) is 2.99. The molecule has 2 rings (SSSR count). The number of nitrogens with two attached hydrogens (primary N) is 1. The van der Waals surface area contributed by atoms with Crippen LogP contribution >= 0.6 is 27.3 Å². The number of hydrogen-bond donors (Lipinski definition) is 1. The van der Waals surface area contributed by atoms with E-state index < -0.39 is 5.54 Å². The summed E-state index contributed by atoms with van der Waals surface area (Å²) in [4.78, 5) is 0. The van der Waals surface area contributed by atoms with Crippen molar-refractivity contribution in [1.29, 1.82) is 0 Å². The van der Waals surface area contributed by atoms with Crippen molar-refractivity contribution < 1.29 is 4.39 Å². The van der Waals surface area contributed by atoms with Crippen molar-refractivity contribution in [2.45, 2.75) is 18.9 Å². The minimum Gasteiger partial charge on any atom is -0.318 e. The summed E-state index contributed by atoms with van der Waals surface area (Å²) in [5.41, 5.74) is 7.64. The Morgan fingerprint density at radius 2 is 2.18 bits per heavy atom. The first kappa shape index (κ1) is 12.7. The fraction of sp³-hybridized carbons (Fsp3) is 0.231. The van der Waals surface area contributed by atoms with E-state index in [2.05, 4.69) is 15.9 Å². The van der Waals surface area contributed by atoms with E-state index in [0.717, 1.165) is 15.6 Å². The number of thiophene rings is 1. The second kappa shape index (κ2) is 4.88. The van der Waals surface area contributed by atoms with Crippen molar-refractivity contribution in [2.75, 3.05) is 0 Å².